The molecule has 5 nitrogen and oxygen atoms in total. The maximum absolute atomic E-state index is 6.05. The molecule has 1 aliphatic heterocycles. The van der Waals surface area contributed by atoms with Crippen molar-refractivity contribution in [2.75, 3.05) is 26.9 Å². The molecule has 0 fully saturated rings. The molecule has 0 spiro atoms. The maximum Gasteiger partial charge on any atom is 0.175 e. The van der Waals surface area contributed by atoms with Gasteiger partial charge in [-0.05, 0) is 64.3 Å². The molecule has 0 aromatic heterocycles. The normalized spacial score (nSPS) is 12.7. The predicted octanol–water partition coefficient (Wildman–Crippen LogP) is 4.70. The molecule has 6 heteroatoms. The lowest BCUT2D eigenvalue weighted by molar-refractivity contribution is 0.171. The quantitative estimate of drug-likeness (QED) is 0.578. The Balaban J connectivity index is 1.67. The zero-order chi connectivity index (χ0) is 19.1. The largest absolute Gasteiger partial charge is 0.493 e. The van der Waals surface area contributed by atoms with Crippen LogP contribution in [0.1, 0.15) is 30.9 Å². The SMILES string of the molecule is CCCCNCc1cc(Br)c(OCc2ccc3c(c2)OCCO3)c(OC)c1. The lowest BCUT2D eigenvalue weighted by atomic mass is 10.2. The summed E-state index contributed by atoms with van der Waals surface area (Å²) in [5.41, 5.74) is 2.17. The summed E-state index contributed by atoms with van der Waals surface area (Å²) in [5.74, 6) is 2.96. The van der Waals surface area contributed by atoms with Gasteiger partial charge in [0.05, 0.1) is 11.6 Å². The van der Waals surface area contributed by atoms with E-state index in [9.17, 15) is 0 Å². The van der Waals surface area contributed by atoms with Gasteiger partial charge >= 0.3 is 0 Å². The van der Waals surface area contributed by atoms with Crippen molar-refractivity contribution in [3.8, 4) is 23.0 Å². The van der Waals surface area contributed by atoms with Crippen LogP contribution >= 0.6 is 15.9 Å². The van der Waals surface area contributed by atoms with Gasteiger partial charge in [-0.1, -0.05) is 19.4 Å². The van der Waals surface area contributed by atoms with Crippen LogP contribution in [0.4, 0.5) is 0 Å². The summed E-state index contributed by atoms with van der Waals surface area (Å²) in [6.45, 7) is 5.59. The lowest BCUT2D eigenvalue weighted by Crippen LogP contribution is -2.15. The molecule has 0 unspecified atom stereocenters. The number of hydrogen-bond acceptors (Lipinski definition) is 5. The molecule has 0 amide bonds. The van der Waals surface area contributed by atoms with Crippen molar-refractivity contribution in [1.29, 1.82) is 0 Å². The van der Waals surface area contributed by atoms with Crippen molar-refractivity contribution in [2.24, 2.45) is 0 Å². The Hall–Kier alpha value is -1.92. The van der Waals surface area contributed by atoms with Gasteiger partial charge in [-0.15, -0.1) is 0 Å². The minimum Gasteiger partial charge on any atom is -0.493 e. The minimum absolute atomic E-state index is 0.416. The van der Waals surface area contributed by atoms with E-state index in [2.05, 4.69) is 34.2 Å². The van der Waals surface area contributed by atoms with E-state index in [4.69, 9.17) is 18.9 Å². The molecule has 3 rings (SSSR count). The third kappa shape index (κ3) is 5.30. The summed E-state index contributed by atoms with van der Waals surface area (Å²) >= 11 is 3.62. The second-order valence-electron chi connectivity index (χ2n) is 6.41. The van der Waals surface area contributed by atoms with Crippen LogP contribution < -0.4 is 24.3 Å². The highest BCUT2D eigenvalue weighted by molar-refractivity contribution is 9.10. The summed E-state index contributed by atoms with van der Waals surface area (Å²) in [6, 6.07) is 9.95. The lowest BCUT2D eigenvalue weighted by Gasteiger charge is -2.19. The van der Waals surface area contributed by atoms with E-state index in [1.54, 1.807) is 7.11 Å². The average Bonchev–Trinajstić information content (AvgIpc) is 2.70. The first-order valence-electron chi connectivity index (χ1n) is 9.29. The number of halogens is 1. The summed E-state index contributed by atoms with van der Waals surface area (Å²) < 4.78 is 23.7. The predicted molar refractivity (Wildman–Crippen MR) is 109 cm³/mol. The Labute approximate surface area is 169 Å². The third-order valence-corrected chi connectivity index (χ3v) is 4.90. The Morgan fingerprint density at radius 2 is 1.89 bits per heavy atom. The van der Waals surface area contributed by atoms with E-state index in [0.29, 0.717) is 31.3 Å². The van der Waals surface area contributed by atoms with Gasteiger partial charge in [-0.2, -0.15) is 0 Å². The molecule has 0 aliphatic carbocycles. The molecular formula is C21H26BrNO4. The van der Waals surface area contributed by atoms with Crippen LogP contribution in [0.15, 0.2) is 34.8 Å². The molecule has 1 aliphatic rings. The molecule has 0 radical (unpaired) electrons. The number of methoxy groups -OCH3 is 1. The highest BCUT2D eigenvalue weighted by Gasteiger charge is 2.14. The van der Waals surface area contributed by atoms with Gasteiger partial charge in [-0.3, -0.25) is 0 Å². The van der Waals surface area contributed by atoms with Crippen molar-refractivity contribution in [1.82, 2.24) is 5.32 Å². The Kier molecular flexibility index (Phi) is 7.24. The van der Waals surface area contributed by atoms with E-state index in [-0.39, 0.29) is 0 Å². The molecule has 1 heterocycles. The fraction of sp³-hybridized carbons (Fsp3) is 0.429. The Morgan fingerprint density at radius 1 is 1.07 bits per heavy atom. The zero-order valence-electron chi connectivity index (χ0n) is 15.8. The second kappa shape index (κ2) is 9.85. The highest BCUT2D eigenvalue weighted by Crippen LogP contribution is 2.38. The van der Waals surface area contributed by atoms with Crippen molar-refractivity contribution < 1.29 is 18.9 Å². The van der Waals surface area contributed by atoms with Gasteiger partial charge in [0.15, 0.2) is 23.0 Å². The number of fused-ring (bicyclic) bond motifs is 1. The Bertz CT molecular complexity index is 766. The van der Waals surface area contributed by atoms with Crippen molar-refractivity contribution in [3.05, 3.63) is 45.9 Å². The molecule has 2 aromatic rings. The number of nitrogens with one attached hydrogen (secondary N) is 1. The highest BCUT2D eigenvalue weighted by atomic mass is 79.9. The molecule has 2 aromatic carbocycles. The molecule has 0 saturated carbocycles. The molecule has 27 heavy (non-hydrogen) atoms. The first-order chi connectivity index (χ1) is 13.2. The topological polar surface area (TPSA) is 49.0 Å². The van der Waals surface area contributed by atoms with E-state index in [1.165, 1.54) is 12.8 Å². The van der Waals surface area contributed by atoms with Crippen molar-refractivity contribution in [3.63, 3.8) is 0 Å². The number of ether oxygens (including phenoxy) is 4. The zero-order valence-corrected chi connectivity index (χ0v) is 17.4. The number of rotatable bonds is 9. The van der Waals surface area contributed by atoms with Gasteiger partial charge in [0.2, 0.25) is 0 Å². The monoisotopic (exact) mass is 435 g/mol. The summed E-state index contributed by atoms with van der Waals surface area (Å²) in [4.78, 5) is 0. The van der Waals surface area contributed by atoms with Crippen LogP contribution in [0.5, 0.6) is 23.0 Å². The second-order valence-corrected chi connectivity index (χ2v) is 7.26. The molecular weight excluding hydrogens is 410 g/mol. The van der Waals surface area contributed by atoms with E-state index < -0.39 is 0 Å². The van der Waals surface area contributed by atoms with Gasteiger partial charge < -0.3 is 24.3 Å². The first kappa shape index (κ1) is 19.8. The average molecular weight is 436 g/mol. The van der Waals surface area contributed by atoms with Crippen LogP contribution in [0.3, 0.4) is 0 Å². The van der Waals surface area contributed by atoms with Crippen molar-refractivity contribution in [2.45, 2.75) is 32.9 Å². The minimum atomic E-state index is 0.416. The van der Waals surface area contributed by atoms with Gasteiger partial charge in [0, 0.05) is 6.54 Å². The van der Waals surface area contributed by atoms with Crippen LogP contribution in [-0.2, 0) is 13.2 Å². The summed E-state index contributed by atoms with van der Waals surface area (Å²) in [5, 5.41) is 3.44. The van der Waals surface area contributed by atoms with Gasteiger partial charge in [-0.25, -0.2) is 0 Å². The number of hydrogen-bond donors (Lipinski definition) is 1. The van der Waals surface area contributed by atoms with E-state index in [0.717, 1.165) is 40.2 Å². The smallest absolute Gasteiger partial charge is 0.175 e. The first-order valence-corrected chi connectivity index (χ1v) is 10.1. The standard InChI is InChI=1S/C21H26BrNO4/c1-3-4-7-23-13-16-10-17(22)21(20(12-16)24-2)27-14-15-5-6-18-19(11-15)26-9-8-25-18/h5-6,10-12,23H,3-4,7-9,13-14H2,1-2H3. The maximum atomic E-state index is 6.05. The number of unbranched alkanes of at least 4 members (excludes halogenated alkanes) is 1. The van der Waals surface area contributed by atoms with Crippen LogP contribution in [0.2, 0.25) is 0 Å². The molecule has 1 N–H and O–H groups in total. The molecule has 0 atom stereocenters. The summed E-state index contributed by atoms with van der Waals surface area (Å²) in [6.07, 6.45) is 2.36. The van der Waals surface area contributed by atoms with Crippen LogP contribution in [0.25, 0.3) is 0 Å². The Morgan fingerprint density at radius 3 is 2.67 bits per heavy atom. The van der Waals surface area contributed by atoms with E-state index in [1.807, 2.05) is 24.3 Å². The van der Waals surface area contributed by atoms with Gasteiger partial charge in [0.25, 0.3) is 0 Å². The fourth-order valence-electron chi connectivity index (χ4n) is 2.88. The van der Waals surface area contributed by atoms with Crippen molar-refractivity contribution >= 4 is 15.9 Å². The third-order valence-electron chi connectivity index (χ3n) is 4.32. The fourth-order valence-corrected chi connectivity index (χ4v) is 3.49. The van der Waals surface area contributed by atoms with Crippen LogP contribution in [-0.4, -0.2) is 26.9 Å². The molecule has 0 bridgehead atoms. The van der Waals surface area contributed by atoms with Crippen LogP contribution in [0, 0.1) is 0 Å². The summed E-state index contributed by atoms with van der Waals surface area (Å²) in [7, 11) is 1.66. The number of benzene rings is 2. The van der Waals surface area contributed by atoms with E-state index >= 15 is 0 Å². The molecule has 0 saturated heterocycles. The van der Waals surface area contributed by atoms with Gasteiger partial charge in [0.1, 0.15) is 19.8 Å². The molecule has 146 valence electrons.